The first-order valence-corrected chi connectivity index (χ1v) is 14.1. The highest BCUT2D eigenvalue weighted by molar-refractivity contribution is 7.10. The molecule has 1 aromatic heterocycles. The smallest absolute Gasteiger partial charge is 0.242 e. The molecule has 0 bridgehead atoms. The average molecular weight is 483 g/mol. The highest BCUT2D eigenvalue weighted by atomic mass is 32.1. The molecular weight excluding hydrogens is 440 g/mol. The lowest BCUT2D eigenvalue weighted by Gasteiger charge is -2.37. The molecule has 5 heteroatoms. The number of thiophene rings is 1. The first-order valence-electron chi connectivity index (χ1n) is 13.2. The standard InChI is InChI=1S/C29H42N2O2S/c1-4-6-8-9-10-11-12-27(32)30(19-7-5-2)22-28(33)31-20-17-26-25(18-21-34-26)29(31)24-15-13-23(3)14-16-24/h13-16,18,21,29H,4-12,17,19-20,22H2,1-3H3. The number of benzene rings is 1. The minimum atomic E-state index is -0.0650. The van der Waals surface area contributed by atoms with Crippen LogP contribution in [0.25, 0.3) is 0 Å². The van der Waals surface area contributed by atoms with Gasteiger partial charge in [0.2, 0.25) is 11.8 Å². The summed E-state index contributed by atoms with van der Waals surface area (Å²) in [7, 11) is 0. The molecule has 1 unspecified atom stereocenters. The van der Waals surface area contributed by atoms with Crippen molar-refractivity contribution < 1.29 is 9.59 Å². The van der Waals surface area contributed by atoms with E-state index < -0.39 is 0 Å². The van der Waals surface area contributed by atoms with Crippen LogP contribution in [0.2, 0.25) is 0 Å². The van der Waals surface area contributed by atoms with Crippen LogP contribution in [-0.2, 0) is 16.0 Å². The number of hydrogen-bond donors (Lipinski definition) is 0. The molecule has 2 heterocycles. The van der Waals surface area contributed by atoms with Crippen molar-refractivity contribution >= 4 is 23.2 Å². The zero-order chi connectivity index (χ0) is 24.3. The summed E-state index contributed by atoms with van der Waals surface area (Å²) in [4.78, 5) is 31.9. The SMILES string of the molecule is CCCCCCCCC(=O)N(CCCC)CC(=O)N1CCc2sccc2C1c1ccc(C)cc1. The zero-order valence-corrected chi connectivity index (χ0v) is 22.2. The molecule has 0 radical (unpaired) electrons. The maximum atomic E-state index is 13.6. The summed E-state index contributed by atoms with van der Waals surface area (Å²) in [6.45, 7) is 8.01. The average Bonchev–Trinajstić information content (AvgIpc) is 3.32. The fourth-order valence-corrected chi connectivity index (χ4v) is 5.71. The Morgan fingerprint density at radius 1 is 0.971 bits per heavy atom. The van der Waals surface area contributed by atoms with Gasteiger partial charge in [0.25, 0.3) is 0 Å². The summed E-state index contributed by atoms with van der Waals surface area (Å²) in [6.07, 6.45) is 10.4. The molecule has 0 saturated carbocycles. The number of aryl methyl sites for hydroxylation is 1. The quantitative estimate of drug-likeness (QED) is 0.291. The van der Waals surface area contributed by atoms with E-state index in [2.05, 4.69) is 56.5 Å². The summed E-state index contributed by atoms with van der Waals surface area (Å²) in [6, 6.07) is 10.6. The Bertz CT molecular complexity index is 905. The third-order valence-corrected chi connectivity index (χ3v) is 7.88. The largest absolute Gasteiger partial charge is 0.333 e. The van der Waals surface area contributed by atoms with E-state index >= 15 is 0 Å². The number of rotatable bonds is 13. The summed E-state index contributed by atoms with van der Waals surface area (Å²) in [5.41, 5.74) is 3.61. The van der Waals surface area contributed by atoms with Crippen LogP contribution >= 0.6 is 11.3 Å². The maximum absolute atomic E-state index is 13.6. The van der Waals surface area contributed by atoms with E-state index in [0.29, 0.717) is 19.5 Å². The van der Waals surface area contributed by atoms with Gasteiger partial charge in [-0.05, 0) is 48.8 Å². The van der Waals surface area contributed by atoms with E-state index in [0.717, 1.165) is 37.7 Å². The summed E-state index contributed by atoms with van der Waals surface area (Å²) < 4.78 is 0. The topological polar surface area (TPSA) is 40.6 Å². The predicted molar refractivity (Wildman–Crippen MR) is 142 cm³/mol. The van der Waals surface area contributed by atoms with Crippen LogP contribution in [0.5, 0.6) is 0 Å². The molecule has 0 fully saturated rings. The molecule has 1 aliphatic heterocycles. The van der Waals surface area contributed by atoms with Gasteiger partial charge in [-0.25, -0.2) is 0 Å². The van der Waals surface area contributed by atoms with E-state index in [1.165, 1.54) is 41.7 Å². The van der Waals surface area contributed by atoms with Crippen LogP contribution in [-0.4, -0.2) is 41.2 Å². The molecule has 0 saturated heterocycles. The summed E-state index contributed by atoms with van der Waals surface area (Å²) in [5, 5.41) is 2.14. The van der Waals surface area contributed by atoms with Gasteiger partial charge in [0.1, 0.15) is 0 Å². The second kappa shape index (κ2) is 13.7. The van der Waals surface area contributed by atoms with Gasteiger partial charge in [0.15, 0.2) is 0 Å². The number of nitrogens with zero attached hydrogens (tertiary/aromatic N) is 2. The van der Waals surface area contributed by atoms with Gasteiger partial charge < -0.3 is 9.80 Å². The second-order valence-electron chi connectivity index (χ2n) is 9.64. The molecule has 2 amide bonds. The molecule has 2 aromatic rings. The minimum absolute atomic E-state index is 0.0647. The number of amides is 2. The molecule has 0 aliphatic carbocycles. The third-order valence-electron chi connectivity index (χ3n) is 6.88. The van der Waals surface area contributed by atoms with Gasteiger partial charge in [0, 0.05) is 24.4 Å². The van der Waals surface area contributed by atoms with E-state index in [4.69, 9.17) is 0 Å². The lowest BCUT2D eigenvalue weighted by atomic mass is 9.92. The number of carbonyl (C=O) groups excluding carboxylic acids is 2. The lowest BCUT2D eigenvalue weighted by molar-refractivity contribution is -0.141. The fraction of sp³-hybridized carbons (Fsp3) is 0.586. The van der Waals surface area contributed by atoms with E-state index in [-0.39, 0.29) is 24.4 Å². The van der Waals surface area contributed by atoms with Crippen molar-refractivity contribution in [1.29, 1.82) is 0 Å². The van der Waals surface area contributed by atoms with Crippen LogP contribution in [0.3, 0.4) is 0 Å². The Labute approximate surface area is 210 Å². The Morgan fingerprint density at radius 3 is 2.41 bits per heavy atom. The normalized spacial score (nSPS) is 15.3. The first kappa shape index (κ1) is 26.5. The highest BCUT2D eigenvalue weighted by Crippen LogP contribution is 2.38. The van der Waals surface area contributed by atoms with Crippen molar-refractivity contribution in [2.45, 2.75) is 91.0 Å². The van der Waals surface area contributed by atoms with Gasteiger partial charge in [-0.2, -0.15) is 0 Å². The number of fused-ring (bicyclic) bond motifs is 1. The van der Waals surface area contributed by atoms with E-state index in [9.17, 15) is 9.59 Å². The Kier molecular flexibility index (Phi) is 10.6. The van der Waals surface area contributed by atoms with Gasteiger partial charge >= 0.3 is 0 Å². The van der Waals surface area contributed by atoms with Crippen LogP contribution < -0.4 is 0 Å². The molecule has 0 spiro atoms. The van der Waals surface area contributed by atoms with Crippen molar-refractivity contribution in [3.8, 4) is 0 Å². The molecule has 4 nitrogen and oxygen atoms in total. The van der Waals surface area contributed by atoms with Crippen molar-refractivity contribution in [3.05, 3.63) is 57.3 Å². The molecule has 186 valence electrons. The Morgan fingerprint density at radius 2 is 1.68 bits per heavy atom. The molecule has 34 heavy (non-hydrogen) atoms. The number of carbonyl (C=O) groups is 2. The Balaban J connectivity index is 1.69. The van der Waals surface area contributed by atoms with Crippen LogP contribution in [0.15, 0.2) is 35.7 Å². The van der Waals surface area contributed by atoms with E-state index in [1.807, 2.05) is 9.80 Å². The van der Waals surface area contributed by atoms with Crippen LogP contribution in [0.4, 0.5) is 0 Å². The lowest BCUT2D eigenvalue weighted by Crippen LogP contribution is -2.47. The van der Waals surface area contributed by atoms with Crippen molar-refractivity contribution in [2.75, 3.05) is 19.6 Å². The maximum Gasteiger partial charge on any atom is 0.242 e. The van der Waals surface area contributed by atoms with Crippen molar-refractivity contribution in [2.24, 2.45) is 0 Å². The van der Waals surface area contributed by atoms with E-state index in [1.54, 1.807) is 11.3 Å². The molecule has 1 aromatic carbocycles. The number of hydrogen-bond acceptors (Lipinski definition) is 3. The van der Waals surface area contributed by atoms with Crippen molar-refractivity contribution in [3.63, 3.8) is 0 Å². The molecule has 3 rings (SSSR count). The van der Waals surface area contributed by atoms with Gasteiger partial charge in [0.05, 0.1) is 12.6 Å². The molecule has 1 aliphatic rings. The monoisotopic (exact) mass is 482 g/mol. The number of unbranched alkanes of at least 4 members (excludes halogenated alkanes) is 6. The van der Waals surface area contributed by atoms with Gasteiger partial charge in [-0.15, -0.1) is 11.3 Å². The summed E-state index contributed by atoms with van der Waals surface area (Å²) in [5.74, 6) is 0.201. The molecule has 1 atom stereocenters. The van der Waals surface area contributed by atoms with Crippen LogP contribution in [0.1, 0.15) is 99.2 Å². The van der Waals surface area contributed by atoms with Gasteiger partial charge in [-0.1, -0.05) is 82.2 Å². The Hall–Kier alpha value is -2.14. The second-order valence-corrected chi connectivity index (χ2v) is 10.6. The summed E-state index contributed by atoms with van der Waals surface area (Å²) >= 11 is 1.78. The first-order chi connectivity index (χ1) is 16.5. The van der Waals surface area contributed by atoms with Crippen LogP contribution in [0, 0.1) is 6.92 Å². The highest BCUT2D eigenvalue weighted by Gasteiger charge is 2.33. The third kappa shape index (κ3) is 7.18. The van der Waals surface area contributed by atoms with Crippen molar-refractivity contribution in [1.82, 2.24) is 9.80 Å². The predicted octanol–water partition coefficient (Wildman–Crippen LogP) is 6.91. The fourth-order valence-electron chi connectivity index (χ4n) is 4.80. The minimum Gasteiger partial charge on any atom is -0.333 e. The van der Waals surface area contributed by atoms with Gasteiger partial charge in [-0.3, -0.25) is 9.59 Å². The zero-order valence-electron chi connectivity index (χ0n) is 21.4. The molecular formula is C29H42N2O2S. The molecule has 0 N–H and O–H groups in total.